The second kappa shape index (κ2) is 6.04. The predicted octanol–water partition coefficient (Wildman–Crippen LogP) is 5.88. The molecule has 0 heterocycles. The number of rotatable bonds is 3. The van der Waals surface area contributed by atoms with E-state index >= 15 is 0 Å². The van der Waals surface area contributed by atoms with Crippen LogP contribution in [0.3, 0.4) is 0 Å². The van der Waals surface area contributed by atoms with Gasteiger partial charge in [0.05, 0.1) is 20.8 Å². The van der Waals surface area contributed by atoms with Gasteiger partial charge in [-0.3, -0.25) is 0 Å². The Morgan fingerprint density at radius 2 is 1.37 bits per heavy atom. The largest absolute Gasteiger partial charge is 0.380 e. The molecular weight excluding hydrogens is 301 g/mol. The molecule has 0 saturated heterocycles. The van der Waals surface area contributed by atoms with Crippen LogP contribution in [0.2, 0.25) is 15.1 Å². The highest BCUT2D eigenvalue weighted by Crippen LogP contribution is 2.32. The maximum Gasteiger partial charge on any atom is 0.0653 e. The summed E-state index contributed by atoms with van der Waals surface area (Å²) in [5, 5.41) is 4.80. The van der Waals surface area contributed by atoms with E-state index in [4.69, 9.17) is 34.8 Å². The van der Waals surface area contributed by atoms with Gasteiger partial charge < -0.3 is 5.32 Å². The van der Waals surface area contributed by atoms with Crippen LogP contribution in [0.4, 0.5) is 5.69 Å². The number of anilines is 1. The molecule has 1 nitrogen and oxygen atoms in total. The molecule has 4 heteroatoms. The topological polar surface area (TPSA) is 12.0 Å². The lowest BCUT2D eigenvalue weighted by Crippen LogP contribution is -2.01. The molecule has 0 aliphatic carbocycles. The molecule has 0 saturated carbocycles. The standard InChI is InChI=1S/C15H14Cl3N/c1-9-3-10(2)5-11(4-9)8-19-15-7-13(17)12(16)6-14(15)18/h3-7,19H,8H2,1-2H3. The third kappa shape index (κ3) is 3.79. The fraction of sp³-hybridized carbons (Fsp3) is 0.200. The van der Waals surface area contributed by atoms with Gasteiger partial charge in [-0.2, -0.15) is 0 Å². The second-order valence-corrected chi connectivity index (χ2v) is 5.82. The molecular formula is C15H14Cl3N. The lowest BCUT2D eigenvalue weighted by atomic mass is 10.1. The molecule has 0 unspecified atom stereocenters. The van der Waals surface area contributed by atoms with Crippen LogP contribution < -0.4 is 5.32 Å². The van der Waals surface area contributed by atoms with Crippen LogP contribution in [-0.4, -0.2) is 0 Å². The Kier molecular flexibility index (Phi) is 4.62. The lowest BCUT2D eigenvalue weighted by molar-refractivity contribution is 1.13. The smallest absolute Gasteiger partial charge is 0.0653 e. The van der Waals surface area contributed by atoms with E-state index in [1.165, 1.54) is 16.7 Å². The van der Waals surface area contributed by atoms with Gasteiger partial charge in [-0.15, -0.1) is 0 Å². The van der Waals surface area contributed by atoms with Gasteiger partial charge in [0, 0.05) is 6.54 Å². The van der Waals surface area contributed by atoms with Gasteiger partial charge in [0.15, 0.2) is 0 Å². The van der Waals surface area contributed by atoms with Crippen LogP contribution in [0.1, 0.15) is 16.7 Å². The fourth-order valence-electron chi connectivity index (χ4n) is 2.03. The third-order valence-electron chi connectivity index (χ3n) is 2.77. The second-order valence-electron chi connectivity index (χ2n) is 4.60. The monoisotopic (exact) mass is 313 g/mol. The van der Waals surface area contributed by atoms with E-state index < -0.39 is 0 Å². The Bertz CT molecular complexity index is 588. The zero-order valence-corrected chi connectivity index (χ0v) is 13.0. The summed E-state index contributed by atoms with van der Waals surface area (Å²) in [6, 6.07) is 9.83. The van der Waals surface area contributed by atoms with E-state index in [1.54, 1.807) is 12.1 Å². The fourth-order valence-corrected chi connectivity index (χ4v) is 2.64. The number of nitrogens with one attached hydrogen (secondary N) is 1. The molecule has 0 aliphatic rings. The average molecular weight is 315 g/mol. The van der Waals surface area contributed by atoms with Crippen LogP contribution in [0.5, 0.6) is 0 Å². The van der Waals surface area contributed by atoms with Crippen molar-refractivity contribution < 1.29 is 0 Å². The van der Waals surface area contributed by atoms with Gasteiger partial charge >= 0.3 is 0 Å². The van der Waals surface area contributed by atoms with Crippen molar-refractivity contribution in [1.82, 2.24) is 0 Å². The van der Waals surface area contributed by atoms with E-state index in [0.29, 0.717) is 21.6 Å². The molecule has 1 N–H and O–H groups in total. The van der Waals surface area contributed by atoms with Crippen molar-refractivity contribution >= 4 is 40.5 Å². The van der Waals surface area contributed by atoms with Crippen LogP contribution >= 0.6 is 34.8 Å². The van der Waals surface area contributed by atoms with Gasteiger partial charge in [0.1, 0.15) is 0 Å². The van der Waals surface area contributed by atoms with E-state index in [-0.39, 0.29) is 0 Å². The summed E-state index contributed by atoms with van der Waals surface area (Å²) in [5.74, 6) is 0. The van der Waals surface area contributed by atoms with Crippen LogP contribution in [0.25, 0.3) is 0 Å². The highest BCUT2D eigenvalue weighted by Gasteiger charge is 2.06. The molecule has 100 valence electrons. The molecule has 0 spiro atoms. The zero-order valence-electron chi connectivity index (χ0n) is 10.7. The van der Waals surface area contributed by atoms with Crippen molar-refractivity contribution in [3.63, 3.8) is 0 Å². The first-order valence-corrected chi connectivity index (χ1v) is 7.04. The predicted molar refractivity (Wildman–Crippen MR) is 84.7 cm³/mol. The molecule has 0 aliphatic heterocycles. The molecule has 0 radical (unpaired) electrons. The lowest BCUT2D eigenvalue weighted by Gasteiger charge is -2.11. The molecule has 0 aromatic heterocycles. The Labute approximate surface area is 128 Å². The number of aryl methyl sites for hydroxylation is 2. The van der Waals surface area contributed by atoms with Crippen molar-refractivity contribution in [2.75, 3.05) is 5.32 Å². The molecule has 0 amide bonds. The first-order valence-electron chi connectivity index (χ1n) is 5.91. The Morgan fingerprint density at radius 1 is 0.789 bits per heavy atom. The maximum absolute atomic E-state index is 6.12. The summed E-state index contributed by atoms with van der Waals surface area (Å²) < 4.78 is 0. The molecule has 2 aromatic carbocycles. The van der Waals surface area contributed by atoms with Crippen molar-refractivity contribution in [1.29, 1.82) is 0 Å². The number of hydrogen-bond acceptors (Lipinski definition) is 1. The van der Waals surface area contributed by atoms with E-state index in [0.717, 1.165) is 5.69 Å². The molecule has 19 heavy (non-hydrogen) atoms. The van der Waals surface area contributed by atoms with E-state index in [2.05, 4.69) is 37.4 Å². The minimum absolute atomic E-state index is 0.462. The summed E-state index contributed by atoms with van der Waals surface area (Å²) in [6.07, 6.45) is 0. The minimum Gasteiger partial charge on any atom is -0.380 e. The van der Waals surface area contributed by atoms with Crippen LogP contribution in [0, 0.1) is 13.8 Å². The van der Waals surface area contributed by atoms with Gasteiger partial charge in [-0.1, -0.05) is 64.1 Å². The van der Waals surface area contributed by atoms with Gasteiger partial charge in [-0.05, 0) is 31.5 Å². The summed E-state index contributed by atoms with van der Waals surface area (Å²) in [7, 11) is 0. The van der Waals surface area contributed by atoms with E-state index in [1.807, 2.05) is 0 Å². The zero-order chi connectivity index (χ0) is 14.0. The first-order chi connectivity index (χ1) is 8.95. The maximum atomic E-state index is 6.12. The highest BCUT2D eigenvalue weighted by atomic mass is 35.5. The number of hydrogen-bond donors (Lipinski definition) is 1. The van der Waals surface area contributed by atoms with Crippen molar-refractivity contribution in [2.45, 2.75) is 20.4 Å². The Morgan fingerprint density at radius 3 is 2.00 bits per heavy atom. The summed E-state index contributed by atoms with van der Waals surface area (Å²) in [5.41, 5.74) is 4.49. The SMILES string of the molecule is Cc1cc(C)cc(CNc2cc(Cl)c(Cl)cc2Cl)c1. The van der Waals surface area contributed by atoms with Gasteiger partial charge in [0.2, 0.25) is 0 Å². The third-order valence-corrected chi connectivity index (χ3v) is 3.81. The quantitative estimate of drug-likeness (QED) is 0.698. The average Bonchev–Trinajstić information content (AvgIpc) is 2.31. The highest BCUT2D eigenvalue weighted by molar-refractivity contribution is 6.44. The van der Waals surface area contributed by atoms with Crippen LogP contribution in [0.15, 0.2) is 30.3 Å². The molecule has 0 fully saturated rings. The molecule has 2 aromatic rings. The normalized spacial score (nSPS) is 10.6. The Balaban J connectivity index is 2.16. The van der Waals surface area contributed by atoms with Crippen LogP contribution in [-0.2, 0) is 6.54 Å². The van der Waals surface area contributed by atoms with Gasteiger partial charge in [-0.25, -0.2) is 0 Å². The number of halogens is 3. The van der Waals surface area contributed by atoms with E-state index in [9.17, 15) is 0 Å². The summed E-state index contributed by atoms with van der Waals surface area (Å²) >= 11 is 18.0. The van der Waals surface area contributed by atoms with Gasteiger partial charge in [0.25, 0.3) is 0 Å². The molecule has 0 atom stereocenters. The first kappa shape index (κ1) is 14.5. The summed E-state index contributed by atoms with van der Waals surface area (Å²) in [4.78, 5) is 0. The van der Waals surface area contributed by atoms with Crippen molar-refractivity contribution in [3.05, 3.63) is 62.1 Å². The minimum atomic E-state index is 0.462. The van der Waals surface area contributed by atoms with Crippen molar-refractivity contribution in [3.8, 4) is 0 Å². The molecule has 2 rings (SSSR count). The Hall–Kier alpha value is -0.890. The van der Waals surface area contributed by atoms with Crippen molar-refractivity contribution in [2.24, 2.45) is 0 Å². The molecule has 0 bridgehead atoms. The number of benzene rings is 2. The summed E-state index contributed by atoms with van der Waals surface area (Å²) in [6.45, 7) is 4.87.